The number of ether oxygens (including phenoxy) is 2. The van der Waals surface area contributed by atoms with Crippen molar-refractivity contribution in [2.45, 2.75) is 6.61 Å². The molecule has 0 amide bonds. The van der Waals surface area contributed by atoms with Gasteiger partial charge >= 0.3 is 0 Å². The van der Waals surface area contributed by atoms with Gasteiger partial charge in [-0.15, -0.1) is 0 Å². The molecule has 0 saturated carbocycles. The van der Waals surface area contributed by atoms with Crippen molar-refractivity contribution in [2.24, 2.45) is 0 Å². The molecule has 0 aliphatic carbocycles. The molecule has 0 spiro atoms. The third kappa shape index (κ3) is 3.23. The number of aromatic nitrogens is 3. The summed E-state index contributed by atoms with van der Waals surface area (Å²) in [4.78, 5) is 22.7. The van der Waals surface area contributed by atoms with Crippen molar-refractivity contribution in [3.05, 3.63) is 58.1 Å². The number of nitrogens with two attached hydrogens (primary N) is 1. The Labute approximate surface area is 159 Å². The van der Waals surface area contributed by atoms with E-state index in [-0.39, 0.29) is 17.9 Å². The normalized spacial score (nSPS) is 11.5. The van der Waals surface area contributed by atoms with Crippen molar-refractivity contribution >= 4 is 27.6 Å². The average Bonchev–Trinajstić information content (AvgIpc) is 3.00. The number of hydrogen-bond donors (Lipinski definition) is 3. The highest BCUT2D eigenvalue weighted by atomic mass is 19.1. The summed E-state index contributed by atoms with van der Waals surface area (Å²) in [6.07, 6.45) is 0. The smallest absolute Gasteiger partial charge is 0.276 e. The van der Waals surface area contributed by atoms with E-state index in [1.165, 1.54) is 6.07 Å². The number of halogens is 1. The Morgan fingerprint density at radius 1 is 1.14 bits per heavy atom. The summed E-state index contributed by atoms with van der Waals surface area (Å²) in [5.74, 6) is -0.418. The second-order valence-electron chi connectivity index (χ2n) is 6.38. The fraction of sp³-hybridized carbons (Fsp3) is 0.200. The van der Waals surface area contributed by atoms with Crippen molar-refractivity contribution in [3.63, 3.8) is 0 Å². The van der Waals surface area contributed by atoms with E-state index in [9.17, 15) is 9.18 Å². The molecule has 0 radical (unpaired) electrons. The van der Waals surface area contributed by atoms with Gasteiger partial charge in [0.2, 0.25) is 0 Å². The molecule has 4 N–H and O–H groups in total. The molecule has 0 fully saturated rings. The molecule has 4 aromatic rings. The van der Waals surface area contributed by atoms with Crippen LogP contribution in [0.5, 0.6) is 0 Å². The summed E-state index contributed by atoms with van der Waals surface area (Å²) in [6, 6.07) is 10.2. The summed E-state index contributed by atoms with van der Waals surface area (Å²) in [7, 11) is 1.57. The van der Waals surface area contributed by atoms with Gasteiger partial charge < -0.3 is 25.2 Å². The number of methoxy groups -OCH3 is 1. The largest absolute Gasteiger partial charge is 0.396 e. The maximum Gasteiger partial charge on any atom is 0.276 e. The van der Waals surface area contributed by atoms with E-state index in [1.54, 1.807) is 25.3 Å². The number of nitrogens with one attached hydrogen (secondary N) is 2. The zero-order valence-corrected chi connectivity index (χ0v) is 15.2. The average molecular weight is 382 g/mol. The quantitative estimate of drug-likeness (QED) is 0.445. The molecule has 0 unspecified atom stereocenters. The number of nitrogen functional groups attached to an aromatic ring is 1. The van der Waals surface area contributed by atoms with Crippen LogP contribution in [0, 0.1) is 5.82 Å². The van der Waals surface area contributed by atoms with Crippen molar-refractivity contribution in [1.29, 1.82) is 0 Å². The zero-order valence-electron chi connectivity index (χ0n) is 15.2. The van der Waals surface area contributed by atoms with E-state index in [0.717, 1.165) is 0 Å². The highest BCUT2D eigenvalue weighted by Crippen LogP contribution is 2.32. The summed E-state index contributed by atoms with van der Waals surface area (Å²) in [6.45, 7) is 0.884. The maximum absolute atomic E-state index is 14.4. The van der Waals surface area contributed by atoms with Crippen LogP contribution in [0.3, 0.4) is 0 Å². The van der Waals surface area contributed by atoms with E-state index in [4.69, 9.17) is 15.2 Å². The number of aromatic amines is 2. The van der Waals surface area contributed by atoms with Gasteiger partial charge in [0, 0.05) is 18.1 Å². The topological polar surface area (TPSA) is 106 Å². The number of benzene rings is 2. The highest BCUT2D eigenvalue weighted by Gasteiger charge is 2.17. The highest BCUT2D eigenvalue weighted by molar-refractivity contribution is 6.00. The lowest BCUT2D eigenvalue weighted by Crippen LogP contribution is -2.12. The monoisotopic (exact) mass is 382 g/mol. The van der Waals surface area contributed by atoms with Crippen LogP contribution in [0.2, 0.25) is 0 Å². The van der Waals surface area contributed by atoms with Crippen molar-refractivity contribution in [2.75, 3.05) is 26.1 Å². The number of rotatable bonds is 6. The summed E-state index contributed by atoms with van der Waals surface area (Å²) >= 11 is 0. The van der Waals surface area contributed by atoms with Crippen molar-refractivity contribution in [3.8, 4) is 11.4 Å². The molecule has 8 heteroatoms. The molecule has 0 aliphatic heterocycles. The van der Waals surface area contributed by atoms with E-state index >= 15 is 0 Å². The molecule has 2 aromatic heterocycles. The Kier molecular flexibility index (Phi) is 4.81. The van der Waals surface area contributed by atoms with Crippen molar-refractivity contribution < 1.29 is 13.9 Å². The van der Waals surface area contributed by atoms with Crippen LogP contribution in [0.15, 0.2) is 41.2 Å². The molecule has 0 atom stereocenters. The lowest BCUT2D eigenvalue weighted by atomic mass is 10.1. The Balaban J connectivity index is 1.78. The molecule has 144 valence electrons. The molecule has 2 aromatic carbocycles. The molecule has 28 heavy (non-hydrogen) atoms. The van der Waals surface area contributed by atoms with Gasteiger partial charge in [0.05, 0.1) is 47.8 Å². The fourth-order valence-corrected chi connectivity index (χ4v) is 3.10. The number of para-hydroxylation sites is 2. The summed E-state index contributed by atoms with van der Waals surface area (Å²) in [5.41, 5.74) is 8.88. The van der Waals surface area contributed by atoms with E-state index in [0.29, 0.717) is 52.1 Å². The molecular weight excluding hydrogens is 363 g/mol. The lowest BCUT2D eigenvalue weighted by molar-refractivity contribution is 0.0605. The van der Waals surface area contributed by atoms with Crippen LogP contribution in [-0.4, -0.2) is 35.3 Å². The van der Waals surface area contributed by atoms with E-state index in [1.807, 2.05) is 12.1 Å². The first-order valence-corrected chi connectivity index (χ1v) is 8.74. The molecule has 0 saturated heterocycles. The first-order chi connectivity index (χ1) is 13.6. The third-order valence-corrected chi connectivity index (χ3v) is 4.53. The number of nitrogens with zero attached hydrogens (tertiary/aromatic N) is 1. The van der Waals surface area contributed by atoms with Crippen LogP contribution in [0.1, 0.15) is 5.56 Å². The molecular formula is C20H19FN4O3. The van der Waals surface area contributed by atoms with Crippen molar-refractivity contribution in [1.82, 2.24) is 15.0 Å². The minimum absolute atomic E-state index is 0.0971. The fourth-order valence-electron chi connectivity index (χ4n) is 3.10. The predicted octanol–water partition coefficient (Wildman–Crippen LogP) is 2.96. The van der Waals surface area contributed by atoms with E-state index < -0.39 is 5.82 Å². The number of anilines is 1. The Bertz CT molecular complexity index is 1220. The zero-order chi connectivity index (χ0) is 19.7. The van der Waals surface area contributed by atoms with Crippen LogP contribution >= 0.6 is 0 Å². The van der Waals surface area contributed by atoms with Crippen LogP contribution in [-0.2, 0) is 16.1 Å². The lowest BCUT2D eigenvalue weighted by Gasteiger charge is -2.06. The second kappa shape index (κ2) is 7.41. The Morgan fingerprint density at radius 2 is 1.96 bits per heavy atom. The van der Waals surface area contributed by atoms with Gasteiger partial charge in [-0.2, -0.15) is 0 Å². The van der Waals surface area contributed by atoms with E-state index in [2.05, 4.69) is 15.0 Å². The summed E-state index contributed by atoms with van der Waals surface area (Å²) in [5, 5.41) is 0.608. The summed E-state index contributed by atoms with van der Waals surface area (Å²) < 4.78 is 24.7. The molecule has 0 bridgehead atoms. The first-order valence-electron chi connectivity index (χ1n) is 8.74. The molecule has 4 rings (SSSR count). The standard InChI is InChI=1S/C20H19FN4O3/c1-27-6-7-28-10-11-8-12-16(9-13(11)21)24-18(17(12)22)19-20(26)25-15-5-3-2-4-14(15)23-19/h2-5,8-9,24H,6-7,10,22H2,1H3,(H,25,26). The van der Waals surface area contributed by atoms with Gasteiger partial charge in [-0.25, -0.2) is 9.37 Å². The number of H-pyrrole nitrogens is 2. The molecule has 7 nitrogen and oxygen atoms in total. The van der Waals surface area contributed by atoms with Gasteiger partial charge in [0.25, 0.3) is 5.56 Å². The van der Waals surface area contributed by atoms with Gasteiger partial charge in [0.15, 0.2) is 5.69 Å². The molecule has 0 aliphatic rings. The minimum Gasteiger partial charge on any atom is -0.396 e. The SMILES string of the molecule is COCCOCc1cc2c(N)c(-c3nc4ccccc4[nH]c3=O)[nH]c2cc1F. The maximum atomic E-state index is 14.4. The Hall–Kier alpha value is -3.23. The van der Waals surface area contributed by atoms with Crippen LogP contribution < -0.4 is 11.3 Å². The van der Waals surface area contributed by atoms with Crippen LogP contribution in [0.25, 0.3) is 33.3 Å². The number of hydrogen-bond acceptors (Lipinski definition) is 5. The minimum atomic E-state index is -0.418. The number of fused-ring (bicyclic) bond motifs is 2. The Morgan fingerprint density at radius 3 is 2.79 bits per heavy atom. The third-order valence-electron chi connectivity index (χ3n) is 4.53. The van der Waals surface area contributed by atoms with Gasteiger partial charge in [0.1, 0.15) is 5.82 Å². The predicted molar refractivity (Wildman–Crippen MR) is 106 cm³/mol. The first kappa shape index (κ1) is 18.1. The van der Waals surface area contributed by atoms with Gasteiger partial charge in [-0.05, 0) is 24.3 Å². The van der Waals surface area contributed by atoms with Gasteiger partial charge in [-0.1, -0.05) is 12.1 Å². The van der Waals surface area contributed by atoms with Gasteiger partial charge in [-0.3, -0.25) is 4.79 Å². The second-order valence-corrected chi connectivity index (χ2v) is 6.38. The molecule has 2 heterocycles. The van der Waals surface area contributed by atoms with Crippen LogP contribution in [0.4, 0.5) is 10.1 Å².